The van der Waals surface area contributed by atoms with Crippen molar-refractivity contribution < 1.29 is 9.53 Å². The molecule has 0 aliphatic carbocycles. The topological polar surface area (TPSA) is 29.5 Å². The Morgan fingerprint density at radius 2 is 1.85 bits per heavy atom. The van der Waals surface area contributed by atoms with Gasteiger partial charge in [-0.05, 0) is 23.1 Å². The van der Waals surface area contributed by atoms with Gasteiger partial charge in [0.2, 0.25) is 0 Å². The number of amides is 1. The highest BCUT2D eigenvalue weighted by Gasteiger charge is 2.17. The molecular formula is C16H24BrNO2. The van der Waals surface area contributed by atoms with Crippen molar-refractivity contribution in [1.82, 2.24) is 4.90 Å². The highest BCUT2D eigenvalue weighted by atomic mass is 79.9. The highest BCUT2D eigenvalue weighted by molar-refractivity contribution is 9.09. The van der Waals surface area contributed by atoms with E-state index >= 15 is 0 Å². The molecule has 0 N–H and O–H groups in total. The van der Waals surface area contributed by atoms with Crippen LogP contribution in [0.5, 0.6) is 0 Å². The standard InChI is InChI=1S/C16H24BrNO2/c1-16(2,3)13-8-6-12(7-9-13)15(19)18(4)10-14(17)11-20-5/h6-9,14H,10-11H2,1-5H3. The number of ether oxygens (including phenoxy) is 1. The molecule has 0 bridgehead atoms. The first kappa shape index (κ1) is 17.2. The highest BCUT2D eigenvalue weighted by Crippen LogP contribution is 2.22. The summed E-state index contributed by atoms with van der Waals surface area (Å²) < 4.78 is 5.06. The molecule has 1 aromatic rings. The monoisotopic (exact) mass is 341 g/mol. The van der Waals surface area contributed by atoms with Crippen molar-refractivity contribution in [2.45, 2.75) is 31.0 Å². The largest absolute Gasteiger partial charge is 0.383 e. The minimum absolute atomic E-state index is 0.0333. The van der Waals surface area contributed by atoms with Crippen LogP contribution in [0, 0.1) is 0 Å². The van der Waals surface area contributed by atoms with Gasteiger partial charge in [0.25, 0.3) is 5.91 Å². The minimum Gasteiger partial charge on any atom is -0.383 e. The molecule has 0 radical (unpaired) electrons. The Hall–Kier alpha value is -0.870. The summed E-state index contributed by atoms with van der Waals surface area (Å²) in [6.07, 6.45) is 0. The van der Waals surface area contributed by atoms with Gasteiger partial charge < -0.3 is 9.64 Å². The SMILES string of the molecule is COCC(Br)CN(C)C(=O)c1ccc(C(C)(C)C)cc1. The fourth-order valence-corrected chi connectivity index (χ4v) is 2.65. The van der Waals surface area contributed by atoms with Crippen LogP contribution in [0.25, 0.3) is 0 Å². The van der Waals surface area contributed by atoms with Crippen LogP contribution in [0.3, 0.4) is 0 Å². The van der Waals surface area contributed by atoms with Crippen molar-refractivity contribution in [1.29, 1.82) is 0 Å². The number of carbonyl (C=O) groups excluding carboxylic acids is 1. The molecule has 112 valence electrons. The van der Waals surface area contributed by atoms with E-state index in [1.54, 1.807) is 12.0 Å². The lowest BCUT2D eigenvalue weighted by Crippen LogP contribution is -2.33. The number of carbonyl (C=O) groups is 1. The van der Waals surface area contributed by atoms with E-state index in [1.165, 1.54) is 5.56 Å². The zero-order valence-electron chi connectivity index (χ0n) is 12.9. The Morgan fingerprint density at radius 1 is 1.30 bits per heavy atom. The fraction of sp³-hybridized carbons (Fsp3) is 0.562. The van der Waals surface area contributed by atoms with E-state index in [0.717, 1.165) is 5.56 Å². The van der Waals surface area contributed by atoms with Gasteiger partial charge in [0, 0.05) is 26.3 Å². The Balaban J connectivity index is 2.72. The van der Waals surface area contributed by atoms with Crippen molar-refractivity contribution >= 4 is 21.8 Å². The maximum atomic E-state index is 12.3. The molecule has 0 saturated carbocycles. The van der Waals surface area contributed by atoms with Crippen molar-refractivity contribution in [3.05, 3.63) is 35.4 Å². The van der Waals surface area contributed by atoms with E-state index in [1.807, 2.05) is 31.3 Å². The van der Waals surface area contributed by atoms with E-state index in [0.29, 0.717) is 13.2 Å². The minimum atomic E-state index is 0.0333. The van der Waals surface area contributed by atoms with Crippen LogP contribution in [0.1, 0.15) is 36.7 Å². The number of nitrogens with zero attached hydrogens (tertiary/aromatic N) is 1. The molecule has 1 rings (SSSR count). The van der Waals surface area contributed by atoms with Gasteiger partial charge in [0.15, 0.2) is 0 Å². The average molecular weight is 342 g/mol. The van der Waals surface area contributed by atoms with Gasteiger partial charge in [-0.2, -0.15) is 0 Å². The second-order valence-electron chi connectivity index (χ2n) is 6.07. The lowest BCUT2D eigenvalue weighted by molar-refractivity contribution is 0.0784. The summed E-state index contributed by atoms with van der Waals surface area (Å²) >= 11 is 3.50. The van der Waals surface area contributed by atoms with Crippen LogP contribution < -0.4 is 0 Å². The fourth-order valence-electron chi connectivity index (χ4n) is 1.95. The summed E-state index contributed by atoms with van der Waals surface area (Å²) in [7, 11) is 3.46. The maximum Gasteiger partial charge on any atom is 0.253 e. The van der Waals surface area contributed by atoms with E-state index in [4.69, 9.17) is 4.74 Å². The molecule has 0 aliphatic heterocycles. The molecule has 1 amide bonds. The molecule has 20 heavy (non-hydrogen) atoms. The molecule has 0 fully saturated rings. The Kier molecular flexibility index (Phi) is 6.21. The van der Waals surface area contributed by atoms with Crippen molar-refractivity contribution in [2.75, 3.05) is 27.3 Å². The third-order valence-electron chi connectivity index (χ3n) is 3.16. The summed E-state index contributed by atoms with van der Waals surface area (Å²) in [5, 5.41) is 0. The number of hydrogen-bond donors (Lipinski definition) is 0. The first-order valence-corrected chi connectivity index (χ1v) is 7.66. The summed E-state index contributed by atoms with van der Waals surface area (Å²) in [5.74, 6) is 0.0333. The number of methoxy groups -OCH3 is 1. The molecule has 0 saturated heterocycles. The average Bonchev–Trinajstić information content (AvgIpc) is 2.37. The molecule has 4 heteroatoms. The summed E-state index contributed by atoms with van der Waals surface area (Å²) in [6, 6.07) is 7.86. The number of hydrogen-bond acceptors (Lipinski definition) is 2. The van der Waals surface area contributed by atoms with Gasteiger partial charge in [-0.3, -0.25) is 4.79 Å². The van der Waals surface area contributed by atoms with Gasteiger partial charge in [-0.1, -0.05) is 48.8 Å². The number of rotatable bonds is 5. The molecule has 0 aliphatic rings. The molecule has 0 heterocycles. The maximum absolute atomic E-state index is 12.3. The van der Waals surface area contributed by atoms with Crippen LogP contribution in [0.2, 0.25) is 0 Å². The lowest BCUT2D eigenvalue weighted by atomic mass is 9.86. The normalized spacial score (nSPS) is 13.1. The molecule has 0 spiro atoms. The van der Waals surface area contributed by atoms with Crippen LogP contribution in [-0.2, 0) is 10.2 Å². The van der Waals surface area contributed by atoms with Crippen LogP contribution in [0.4, 0.5) is 0 Å². The summed E-state index contributed by atoms with van der Waals surface area (Å²) in [5.41, 5.74) is 2.06. The van der Waals surface area contributed by atoms with Crippen molar-refractivity contribution in [3.8, 4) is 0 Å². The van der Waals surface area contributed by atoms with Gasteiger partial charge in [-0.15, -0.1) is 0 Å². The Morgan fingerprint density at radius 3 is 2.30 bits per heavy atom. The molecule has 1 aromatic carbocycles. The second-order valence-corrected chi connectivity index (χ2v) is 7.36. The third-order valence-corrected chi connectivity index (χ3v) is 3.72. The quantitative estimate of drug-likeness (QED) is 0.767. The molecule has 0 aromatic heterocycles. The summed E-state index contributed by atoms with van der Waals surface area (Å²) in [4.78, 5) is 14.2. The molecule has 1 atom stereocenters. The number of halogens is 1. The predicted octanol–water partition coefficient (Wildman–Crippen LogP) is 3.47. The number of benzene rings is 1. The van der Waals surface area contributed by atoms with Gasteiger partial charge in [-0.25, -0.2) is 0 Å². The first-order valence-electron chi connectivity index (χ1n) is 6.74. The molecule has 3 nitrogen and oxygen atoms in total. The zero-order chi connectivity index (χ0) is 15.3. The predicted molar refractivity (Wildman–Crippen MR) is 86.7 cm³/mol. The van der Waals surface area contributed by atoms with Gasteiger partial charge >= 0.3 is 0 Å². The van der Waals surface area contributed by atoms with Crippen LogP contribution >= 0.6 is 15.9 Å². The zero-order valence-corrected chi connectivity index (χ0v) is 14.5. The van der Waals surface area contributed by atoms with Crippen molar-refractivity contribution in [3.63, 3.8) is 0 Å². The Labute approximate surface area is 130 Å². The lowest BCUT2D eigenvalue weighted by Gasteiger charge is -2.22. The van der Waals surface area contributed by atoms with Gasteiger partial charge in [0.05, 0.1) is 11.4 Å². The van der Waals surface area contributed by atoms with Crippen LogP contribution in [0.15, 0.2) is 24.3 Å². The smallest absolute Gasteiger partial charge is 0.253 e. The second kappa shape index (κ2) is 7.23. The van der Waals surface area contributed by atoms with E-state index in [9.17, 15) is 4.79 Å². The Bertz CT molecular complexity index is 437. The van der Waals surface area contributed by atoms with Crippen LogP contribution in [-0.4, -0.2) is 42.9 Å². The van der Waals surface area contributed by atoms with E-state index < -0.39 is 0 Å². The van der Waals surface area contributed by atoms with E-state index in [2.05, 4.69) is 36.7 Å². The van der Waals surface area contributed by atoms with Gasteiger partial charge in [0.1, 0.15) is 0 Å². The third kappa shape index (κ3) is 4.91. The molecule has 1 unspecified atom stereocenters. The van der Waals surface area contributed by atoms with Crippen molar-refractivity contribution in [2.24, 2.45) is 0 Å². The number of alkyl halides is 1. The molecular weight excluding hydrogens is 318 g/mol. The van der Waals surface area contributed by atoms with E-state index in [-0.39, 0.29) is 16.1 Å². The first-order chi connectivity index (χ1) is 9.25. The summed E-state index contributed by atoms with van der Waals surface area (Å²) in [6.45, 7) is 7.69.